The molecule has 2 unspecified atom stereocenters. The van der Waals surface area contributed by atoms with E-state index in [1.807, 2.05) is 43.0 Å². The van der Waals surface area contributed by atoms with E-state index in [0.717, 1.165) is 63.5 Å². The lowest BCUT2D eigenvalue weighted by atomic mass is 9.72. The highest BCUT2D eigenvalue weighted by molar-refractivity contribution is 7.87. The Bertz CT molecular complexity index is 2200. The van der Waals surface area contributed by atoms with Crippen LogP contribution in [0.25, 0.3) is 22.2 Å². The monoisotopic (exact) mass is 767 g/mol. The summed E-state index contributed by atoms with van der Waals surface area (Å²) in [7, 11) is 0.452. The Hall–Kier alpha value is -4.23. The highest BCUT2D eigenvalue weighted by Gasteiger charge is 2.57. The Balaban J connectivity index is 1.37. The second kappa shape index (κ2) is 14.7. The molecule has 3 aliphatic heterocycles. The van der Waals surface area contributed by atoms with Crippen molar-refractivity contribution in [3.63, 3.8) is 0 Å². The molecular weight excluding hydrogens is 715 g/mol. The molecule has 2 saturated heterocycles. The van der Waals surface area contributed by atoms with Crippen LogP contribution >= 0.6 is 0 Å². The number of fused-ring (bicyclic) bond motifs is 7. The number of nitrogens with zero attached hydrogens (tertiary/aromatic N) is 4. The van der Waals surface area contributed by atoms with Crippen molar-refractivity contribution in [3.05, 3.63) is 89.0 Å². The van der Waals surface area contributed by atoms with E-state index in [4.69, 9.17) is 9.47 Å². The van der Waals surface area contributed by atoms with Gasteiger partial charge in [-0.05, 0) is 79.6 Å². The van der Waals surface area contributed by atoms with Gasteiger partial charge in [0.2, 0.25) is 5.91 Å². The fourth-order valence-electron chi connectivity index (χ4n) is 9.97. The summed E-state index contributed by atoms with van der Waals surface area (Å²) in [5, 5.41) is 1.05. The highest BCUT2D eigenvalue weighted by Crippen LogP contribution is 2.56. The van der Waals surface area contributed by atoms with Crippen LogP contribution in [-0.4, -0.2) is 98.5 Å². The summed E-state index contributed by atoms with van der Waals surface area (Å²) in [5.41, 5.74) is 5.94. The van der Waals surface area contributed by atoms with Crippen LogP contribution in [0.5, 0.6) is 5.75 Å². The first-order valence-electron chi connectivity index (χ1n) is 19.7. The number of hydrogen-bond acceptors (Lipinski definition) is 7. The summed E-state index contributed by atoms with van der Waals surface area (Å²) >= 11 is 0. The number of hydrogen-bond donors (Lipinski definition) is 1. The largest absolute Gasteiger partial charge is 0.497 e. The van der Waals surface area contributed by atoms with Gasteiger partial charge in [0.25, 0.3) is 5.91 Å². The lowest BCUT2D eigenvalue weighted by Gasteiger charge is -2.42. The van der Waals surface area contributed by atoms with E-state index in [1.54, 1.807) is 13.2 Å². The molecule has 1 aliphatic carbocycles. The van der Waals surface area contributed by atoms with Gasteiger partial charge >= 0.3 is 10.2 Å². The molecule has 292 valence electrons. The lowest BCUT2D eigenvalue weighted by molar-refractivity contribution is -0.155. The molecule has 0 bridgehead atoms. The van der Waals surface area contributed by atoms with Crippen LogP contribution in [-0.2, 0) is 32.8 Å². The number of morpholine rings is 1. The lowest BCUT2D eigenvalue weighted by Crippen LogP contribution is -2.56. The first kappa shape index (κ1) is 37.7. The van der Waals surface area contributed by atoms with Gasteiger partial charge in [0.05, 0.1) is 30.4 Å². The first-order valence-corrected chi connectivity index (χ1v) is 21.1. The Morgan fingerprint density at radius 1 is 0.927 bits per heavy atom. The zero-order chi connectivity index (χ0) is 38.6. The predicted molar refractivity (Wildman–Crippen MR) is 213 cm³/mol. The van der Waals surface area contributed by atoms with E-state index < -0.39 is 21.5 Å². The normalized spacial score (nSPS) is 24.6. The number of nitrogens with one attached hydrogen (secondary N) is 1. The van der Waals surface area contributed by atoms with Crippen LogP contribution in [0.15, 0.2) is 66.7 Å². The number of amides is 2. The van der Waals surface area contributed by atoms with Gasteiger partial charge < -0.3 is 18.9 Å². The number of aromatic nitrogens is 1. The van der Waals surface area contributed by atoms with Gasteiger partial charge in [-0.15, -0.1) is 0 Å². The summed E-state index contributed by atoms with van der Waals surface area (Å²) in [4.78, 5) is 33.8. The Kier molecular flexibility index (Phi) is 10.1. The minimum absolute atomic E-state index is 0.0945. The smallest absolute Gasteiger partial charge is 0.303 e. The fourth-order valence-corrected chi connectivity index (χ4v) is 10.5. The third-order valence-corrected chi connectivity index (χ3v) is 13.8. The maximum atomic E-state index is 15.7. The molecule has 55 heavy (non-hydrogen) atoms. The summed E-state index contributed by atoms with van der Waals surface area (Å²) < 4.78 is 43.1. The maximum absolute atomic E-state index is 15.7. The second-order valence-electron chi connectivity index (χ2n) is 16.4. The van der Waals surface area contributed by atoms with E-state index in [1.165, 1.54) is 31.6 Å². The van der Waals surface area contributed by atoms with Crippen molar-refractivity contribution >= 4 is 32.9 Å². The minimum Gasteiger partial charge on any atom is -0.497 e. The van der Waals surface area contributed by atoms with E-state index >= 15 is 4.79 Å². The average molecular weight is 768 g/mol. The zero-order valence-electron chi connectivity index (χ0n) is 32.6. The van der Waals surface area contributed by atoms with Gasteiger partial charge in [-0.1, -0.05) is 55.7 Å². The molecule has 3 aromatic carbocycles. The second-order valence-corrected chi connectivity index (χ2v) is 18.3. The number of carbonyl (C=O) groups is 2. The predicted octanol–water partition coefficient (Wildman–Crippen LogP) is 6.14. The molecule has 1 saturated carbocycles. The molecule has 3 fully saturated rings. The van der Waals surface area contributed by atoms with Crippen LogP contribution in [0, 0.1) is 5.41 Å². The van der Waals surface area contributed by atoms with Crippen LogP contribution < -0.4 is 9.46 Å². The van der Waals surface area contributed by atoms with E-state index in [0.29, 0.717) is 45.2 Å². The summed E-state index contributed by atoms with van der Waals surface area (Å²) in [6.45, 7) is 7.43. The van der Waals surface area contributed by atoms with Crippen LogP contribution in [0.4, 0.5) is 0 Å². The Morgan fingerprint density at radius 2 is 1.65 bits per heavy atom. The molecule has 0 spiro atoms. The summed E-state index contributed by atoms with van der Waals surface area (Å²) in [6, 6.07) is 22.3. The molecule has 4 heterocycles. The van der Waals surface area contributed by atoms with Crippen molar-refractivity contribution in [2.45, 2.75) is 83.1 Å². The molecule has 12 heteroatoms. The minimum atomic E-state index is -4.02. The first-order chi connectivity index (χ1) is 26.4. The van der Waals surface area contributed by atoms with Crippen molar-refractivity contribution in [2.24, 2.45) is 5.41 Å². The topological polar surface area (TPSA) is 113 Å². The quantitative estimate of drug-likeness (QED) is 0.230. The number of ether oxygens (including phenoxy) is 2. The summed E-state index contributed by atoms with van der Waals surface area (Å²) in [5.74, 6) is 0.312. The summed E-state index contributed by atoms with van der Waals surface area (Å²) in [6.07, 6.45) is 5.41. The van der Waals surface area contributed by atoms with Crippen LogP contribution in [0.1, 0.15) is 84.8 Å². The van der Waals surface area contributed by atoms with Crippen molar-refractivity contribution in [1.29, 1.82) is 0 Å². The van der Waals surface area contributed by atoms with Gasteiger partial charge in [-0.2, -0.15) is 12.7 Å². The van der Waals surface area contributed by atoms with E-state index in [2.05, 4.69) is 50.6 Å². The third-order valence-electron chi connectivity index (χ3n) is 12.4. The van der Waals surface area contributed by atoms with Crippen molar-refractivity contribution in [2.75, 3.05) is 47.4 Å². The SMILES string of the molecule is COc1ccc2c(c1)C1CN(Cc3ccccc3)CC1(C(=O)N1C[C@@H](C)O[C@@H](C)C1)Cn1c-2c(C2CCCCC2)c2ccc(C(=O)NS(=O)(=O)N(C)C)cc21. The maximum Gasteiger partial charge on any atom is 0.303 e. The molecule has 2 amide bonds. The Morgan fingerprint density at radius 3 is 2.35 bits per heavy atom. The number of rotatable bonds is 8. The van der Waals surface area contributed by atoms with Gasteiger partial charge in [0.1, 0.15) is 5.75 Å². The molecule has 8 rings (SSSR count). The number of methoxy groups -OCH3 is 1. The molecule has 4 aliphatic rings. The highest BCUT2D eigenvalue weighted by atomic mass is 32.2. The molecule has 4 aromatic rings. The molecule has 1 aromatic heterocycles. The van der Waals surface area contributed by atoms with Crippen LogP contribution in [0.2, 0.25) is 0 Å². The molecule has 0 radical (unpaired) electrons. The number of benzene rings is 3. The Labute approximate surface area is 324 Å². The fraction of sp³-hybridized carbons (Fsp3) is 0.488. The average Bonchev–Trinajstić information content (AvgIpc) is 3.66. The van der Waals surface area contributed by atoms with Crippen molar-refractivity contribution < 1.29 is 27.5 Å². The molecule has 4 atom stereocenters. The van der Waals surface area contributed by atoms with Crippen molar-refractivity contribution in [3.8, 4) is 17.0 Å². The molecule has 11 nitrogen and oxygen atoms in total. The number of carbonyl (C=O) groups excluding carboxylic acids is 2. The third kappa shape index (κ3) is 6.85. The van der Waals surface area contributed by atoms with E-state index in [-0.39, 0.29) is 29.6 Å². The van der Waals surface area contributed by atoms with Gasteiger partial charge in [-0.3, -0.25) is 14.5 Å². The van der Waals surface area contributed by atoms with Gasteiger partial charge in [0, 0.05) is 81.3 Å². The zero-order valence-corrected chi connectivity index (χ0v) is 33.4. The van der Waals surface area contributed by atoms with Crippen molar-refractivity contribution in [1.82, 2.24) is 23.4 Å². The van der Waals surface area contributed by atoms with E-state index in [9.17, 15) is 13.2 Å². The molecule has 1 N–H and O–H groups in total. The van der Waals surface area contributed by atoms with Gasteiger partial charge in [-0.25, -0.2) is 4.72 Å². The standard InChI is InChI=1S/C43H53N5O6S/c1-28-22-47(23-29(2)54-28)42(50)43-26-46(24-30-12-8-6-9-13-30)25-37(43)36-21-33(53-5)17-19-34(36)40-39(31-14-10-7-11-15-31)35-18-16-32(20-38(35)48(40)27-43)41(49)44-55(51,52)45(3)4/h6,8-9,12-13,16-21,28-29,31,37H,7,10-11,14-15,22-27H2,1-5H3,(H,44,49)/t28-,29+,37?,43?. The number of likely N-dealkylation sites (tertiary alicyclic amines) is 1. The van der Waals surface area contributed by atoms with Crippen LogP contribution in [0.3, 0.4) is 0 Å². The molecular formula is C43H53N5O6S. The van der Waals surface area contributed by atoms with Gasteiger partial charge in [0.15, 0.2) is 0 Å².